The van der Waals surface area contributed by atoms with Crippen LogP contribution in [0.2, 0.25) is 5.02 Å². The van der Waals surface area contributed by atoms with Gasteiger partial charge in [0.05, 0.1) is 16.4 Å². The Labute approximate surface area is 115 Å². The van der Waals surface area contributed by atoms with Gasteiger partial charge in [-0.15, -0.1) is 0 Å². The van der Waals surface area contributed by atoms with Gasteiger partial charge in [-0.25, -0.2) is 4.79 Å². The number of nitrogens with zero attached hydrogens (tertiary/aromatic N) is 3. The summed E-state index contributed by atoms with van der Waals surface area (Å²) < 4.78 is 6.58. The van der Waals surface area contributed by atoms with E-state index in [-0.39, 0.29) is 12.3 Å². The van der Waals surface area contributed by atoms with Gasteiger partial charge in [0.25, 0.3) is 0 Å². The minimum atomic E-state index is -0.534. The van der Waals surface area contributed by atoms with Crippen molar-refractivity contribution in [2.75, 3.05) is 5.73 Å². The van der Waals surface area contributed by atoms with E-state index in [0.29, 0.717) is 22.0 Å². The van der Waals surface area contributed by atoms with Gasteiger partial charge in [0.15, 0.2) is 5.69 Å². The van der Waals surface area contributed by atoms with E-state index in [4.69, 9.17) is 22.1 Å². The number of nitrogens with two attached hydrogens (primary N) is 1. The number of pyridine rings is 1. The molecule has 0 spiro atoms. The lowest BCUT2D eigenvalue weighted by atomic mass is 10.3. The van der Waals surface area contributed by atoms with Gasteiger partial charge in [-0.3, -0.25) is 9.67 Å². The molecule has 2 rings (SSSR count). The third-order valence-corrected chi connectivity index (χ3v) is 3.02. The summed E-state index contributed by atoms with van der Waals surface area (Å²) in [6.45, 7) is 1.79. The normalized spacial score (nSPS) is 10.5. The van der Waals surface area contributed by atoms with Crippen LogP contribution in [0.5, 0.6) is 0 Å². The Kier molecular flexibility index (Phi) is 3.71. The molecule has 2 heterocycles. The molecule has 7 heteroatoms. The number of ether oxygens (including phenoxy) is 1. The highest BCUT2D eigenvalue weighted by Crippen LogP contribution is 2.19. The van der Waals surface area contributed by atoms with Crippen LogP contribution in [0.1, 0.15) is 21.7 Å². The SMILES string of the molecule is Cc1nn(C)c(C(=O)OCc2ccncc2Cl)c1N. The molecule has 0 aliphatic carbocycles. The third-order valence-electron chi connectivity index (χ3n) is 2.68. The van der Waals surface area contributed by atoms with Gasteiger partial charge in [0, 0.05) is 25.0 Å². The van der Waals surface area contributed by atoms with Crippen LogP contribution in [0.15, 0.2) is 18.5 Å². The van der Waals surface area contributed by atoms with Crippen LogP contribution in [0, 0.1) is 6.92 Å². The summed E-state index contributed by atoms with van der Waals surface area (Å²) in [5.74, 6) is -0.534. The summed E-state index contributed by atoms with van der Waals surface area (Å²) in [7, 11) is 1.64. The van der Waals surface area contributed by atoms with Crippen molar-refractivity contribution in [1.82, 2.24) is 14.8 Å². The van der Waals surface area contributed by atoms with Gasteiger partial charge in [-0.1, -0.05) is 11.6 Å². The van der Waals surface area contributed by atoms with Gasteiger partial charge in [0.2, 0.25) is 0 Å². The molecule has 0 aliphatic rings. The molecule has 2 aromatic heterocycles. The molecule has 0 atom stereocenters. The van der Waals surface area contributed by atoms with Crippen LogP contribution in [0.3, 0.4) is 0 Å². The smallest absolute Gasteiger partial charge is 0.359 e. The maximum atomic E-state index is 12.0. The summed E-state index contributed by atoms with van der Waals surface area (Å²) in [6.07, 6.45) is 3.07. The first-order valence-electron chi connectivity index (χ1n) is 5.55. The summed E-state index contributed by atoms with van der Waals surface area (Å²) in [4.78, 5) is 15.8. The van der Waals surface area contributed by atoms with Crippen molar-refractivity contribution in [3.63, 3.8) is 0 Å². The highest BCUT2D eigenvalue weighted by atomic mass is 35.5. The molecule has 0 bridgehead atoms. The molecule has 100 valence electrons. The molecule has 19 heavy (non-hydrogen) atoms. The average molecular weight is 281 g/mol. The highest BCUT2D eigenvalue weighted by molar-refractivity contribution is 6.31. The number of halogens is 1. The van der Waals surface area contributed by atoms with Crippen molar-refractivity contribution in [2.45, 2.75) is 13.5 Å². The molecule has 0 radical (unpaired) electrons. The number of anilines is 1. The van der Waals surface area contributed by atoms with E-state index in [1.807, 2.05) is 0 Å². The third kappa shape index (κ3) is 2.68. The van der Waals surface area contributed by atoms with E-state index in [2.05, 4.69) is 10.1 Å². The average Bonchev–Trinajstić information content (AvgIpc) is 2.62. The lowest BCUT2D eigenvalue weighted by Gasteiger charge is -2.06. The molecular weight excluding hydrogens is 268 g/mol. The Balaban J connectivity index is 2.12. The molecule has 0 amide bonds. The first-order valence-corrected chi connectivity index (χ1v) is 5.93. The summed E-state index contributed by atoms with van der Waals surface area (Å²) in [5, 5.41) is 4.51. The van der Waals surface area contributed by atoms with E-state index in [0.717, 1.165) is 0 Å². The van der Waals surface area contributed by atoms with Crippen LogP contribution in [0.25, 0.3) is 0 Å². The maximum absolute atomic E-state index is 12.0. The van der Waals surface area contributed by atoms with Crippen molar-refractivity contribution >= 4 is 23.3 Å². The Morgan fingerprint density at radius 1 is 1.58 bits per heavy atom. The zero-order chi connectivity index (χ0) is 14.0. The number of rotatable bonds is 3. The van der Waals surface area contributed by atoms with Crippen LogP contribution in [-0.4, -0.2) is 20.7 Å². The fourth-order valence-corrected chi connectivity index (χ4v) is 1.82. The molecular formula is C12H13ClN4O2. The number of hydrogen-bond acceptors (Lipinski definition) is 5. The van der Waals surface area contributed by atoms with Crippen molar-refractivity contribution in [3.8, 4) is 0 Å². The molecule has 2 N–H and O–H groups in total. The van der Waals surface area contributed by atoms with Crippen molar-refractivity contribution in [1.29, 1.82) is 0 Å². The number of carbonyl (C=O) groups is 1. The van der Waals surface area contributed by atoms with Crippen LogP contribution in [0.4, 0.5) is 5.69 Å². The number of carbonyl (C=O) groups excluding carboxylic acids is 1. The van der Waals surface area contributed by atoms with Crippen LogP contribution in [-0.2, 0) is 18.4 Å². The van der Waals surface area contributed by atoms with Gasteiger partial charge in [-0.05, 0) is 13.0 Å². The van der Waals surface area contributed by atoms with Crippen LogP contribution < -0.4 is 5.73 Å². The zero-order valence-electron chi connectivity index (χ0n) is 10.6. The fraction of sp³-hybridized carbons (Fsp3) is 0.250. The molecule has 2 aromatic rings. The molecule has 0 aliphatic heterocycles. The molecule has 0 saturated carbocycles. The Bertz CT molecular complexity index is 624. The molecule has 0 saturated heterocycles. The first kappa shape index (κ1) is 13.4. The quantitative estimate of drug-likeness (QED) is 0.866. The second kappa shape index (κ2) is 5.27. The van der Waals surface area contributed by atoms with Crippen molar-refractivity contribution in [3.05, 3.63) is 40.4 Å². The molecule has 6 nitrogen and oxygen atoms in total. The van der Waals surface area contributed by atoms with E-state index in [9.17, 15) is 4.79 Å². The number of hydrogen-bond donors (Lipinski definition) is 1. The van der Waals surface area contributed by atoms with Gasteiger partial charge < -0.3 is 10.5 Å². The minimum Gasteiger partial charge on any atom is -0.456 e. The Morgan fingerprint density at radius 3 is 2.89 bits per heavy atom. The maximum Gasteiger partial charge on any atom is 0.359 e. The molecule has 0 unspecified atom stereocenters. The topological polar surface area (TPSA) is 83.0 Å². The van der Waals surface area contributed by atoms with Gasteiger partial charge in [0.1, 0.15) is 6.61 Å². The van der Waals surface area contributed by atoms with Crippen molar-refractivity contribution < 1.29 is 9.53 Å². The Morgan fingerprint density at radius 2 is 2.32 bits per heavy atom. The van der Waals surface area contributed by atoms with E-state index in [1.54, 1.807) is 26.2 Å². The number of nitrogen functional groups attached to an aromatic ring is 1. The van der Waals surface area contributed by atoms with Crippen LogP contribution >= 0.6 is 11.6 Å². The molecule has 0 fully saturated rings. The lowest BCUT2D eigenvalue weighted by Crippen LogP contribution is -2.12. The predicted molar refractivity (Wildman–Crippen MR) is 70.7 cm³/mol. The fourth-order valence-electron chi connectivity index (χ4n) is 1.65. The first-order chi connectivity index (χ1) is 9.00. The van der Waals surface area contributed by atoms with Crippen molar-refractivity contribution in [2.24, 2.45) is 7.05 Å². The van der Waals surface area contributed by atoms with E-state index >= 15 is 0 Å². The van der Waals surface area contributed by atoms with E-state index < -0.39 is 5.97 Å². The second-order valence-corrected chi connectivity index (χ2v) is 4.42. The summed E-state index contributed by atoms with van der Waals surface area (Å²) in [5.41, 5.74) is 7.63. The number of aromatic nitrogens is 3. The monoisotopic (exact) mass is 280 g/mol. The molecule has 0 aromatic carbocycles. The van der Waals surface area contributed by atoms with Gasteiger partial charge >= 0.3 is 5.97 Å². The number of aryl methyl sites for hydroxylation is 2. The van der Waals surface area contributed by atoms with E-state index in [1.165, 1.54) is 10.9 Å². The Hall–Kier alpha value is -2.08. The predicted octanol–water partition coefficient (Wildman–Crippen LogP) is 1.72. The minimum absolute atomic E-state index is 0.0594. The standard InChI is InChI=1S/C12H13ClN4O2/c1-7-10(14)11(17(2)16-7)12(18)19-6-8-3-4-15-5-9(8)13/h3-5H,6,14H2,1-2H3. The van der Waals surface area contributed by atoms with Gasteiger partial charge in [-0.2, -0.15) is 5.10 Å². The highest BCUT2D eigenvalue weighted by Gasteiger charge is 2.19. The number of esters is 1. The summed E-state index contributed by atoms with van der Waals surface area (Å²) >= 11 is 5.92. The second-order valence-electron chi connectivity index (χ2n) is 4.01. The zero-order valence-corrected chi connectivity index (χ0v) is 11.3. The summed E-state index contributed by atoms with van der Waals surface area (Å²) in [6, 6.07) is 1.69. The largest absolute Gasteiger partial charge is 0.456 e. The lowest BCUT2D eigenvalue weighted by molar-refractivity contribution is 0.0461.